The highest BCUT2D eigenvalue weighted by Crippen LogP contribution is 2.36. The Balaban J connectivity index is 1.60. The Hall–Kier alpha value is -3.15. The molecule has 1 aliphatic heterocycles. The molecule has 0 N–H and O–H groups in total. The zero-order valence-corrected chi connectivity index (χ0v) is 16.1. The summed E-state index contributed by atoms with van der Waals surface area (Å²) in [6.07, 6.45) is 1.25. The topological polar surface area (TPSA) is 52.6 Å². The zero-order chi connectivity index (χ0) is 20.5. The highest BCUT2D eigenvalue weighted by molar-refractivity contribution is 6.33. The van der Waals surface area contributed by atoms with Gasteiger partial charge in [-0.05, 0) is 42.5 Å². The largest absolute Gasteiger partial charge is 0.452 e. The molecule has 1 aliphatic rings. The van der Waals surface area contributed by atoms with Crippen LogP contribution in [0.15, 0.2) is 66.4 Å². The fraction of sp³-hybridized carbons (Fsp3) is 0. The Labute approximate surface area is 175 Å². The minimum Gasteiger partial charge on any atom is -0.452 e. The minimum absolute atomic E-state index is 0.0516. The molecule has 0 aliphatic carbocycles. The van der Waals surface area contributed by atoms with Crippen LogP contribution in [-0.2, 0) is 0 Å². The van der Waals surface area contributed by atoms with Crippen molar-refractivity contribution in [2.45, 2.75) is 0 Å². The quantitative estimate of drug-likeness (QED) is 0.293. The lowest BCUT2D eigenvalue weighted by Gasteiger charge is -2.06. The number of halogens is 3. The summed E-state index contributed by atoms with van der Waals surface area (Å²) < 4.78 is 24.9. The van der Waals surface area contributed by atoms with E-state index in [0.29, 0.717) is 0 Å². The van der Waals surface area contributed by atoms with Crippen LogP contribution in [0.3, 0.4) is 0 Å². The number of hydrogen-bond acceptors (Lipinski definition) is 4. The summed E-state index contributed by atoms with van der Waals surface area (Å²) in [6, 6.07) is 15.0. The van der Waals surface area contributed by atoms with Gasteiger partial charge in [0.1, 0.15) is 17.3 Å². The van der Waals surface area contributed by atoms with Crippen molar-refractivity contribution < 1.29 is 23.5 Å². The van der Waals surface area contributed by atoms with Gasteiger partial charge in [-0.15, -0.1) is 0 Å². The van der Waals surface area contributed by atoms with Gasteiger partial charge in [0.15, 0.2) is 5.76 Å². The molecule has 0 aromatic heterocycles. The third kappa shape index (κ3) is 3.75. The second-order valence-electron chi connectivity index (χ2n) is 6.10. The molecule has 0 atom stereocenters. The molecule has 0 fully saturated rings. The third-order valence-electron chi connectivity index (χ3n) is 4.22. The molecule has 0 spiro atoms. The first-order chi connectivity index (χ1) is 13.9. The lowest BCUT2D eigenvalue weighted by molar-refractivity contribution is 0.0734. The molecule has 1 heterocycles. The lowest BCUT2D eigenvalue weighted by atomic mass is 10.1. The Bertz CT molecular complexity index is 1170. The van der Waals surface area contributed by atoms with E-state index in [9.17, 15) is 14.0 Å². The van der Waals surface area contributed by atoms with Crippen molar-refractivity contribution in [1.82, 2.24) is 0 Å². The van der Waals surface area contributed by atoms with Crippen LogP contribution in [-0.4, -0.2) is 11.8 Å². The van der Waals surface area contributed by atoms with Crippen LogP contribution in [0.25, 0.3) is 6.08 Å². The molecular formula is C22H11Cl2FO4. The van der Waals surface area contributed by atoms with Gasteiger partial charge in [0.2, 0.25) is 5.78 Å². The van der Waals surface area contributed by atoms with Crippen LogP contribution in [0.1, 0.15) is 26.3 Å². The number of ether oxygens (including phenoxy) is 2. The van der Waals surface area contributed by atoms with Crippen molar-refractivity contribution >= 4 is 41.0 Å². The number of hydrogen-bond donors (Lipinski definition) is 0. The van der Waals surface area contributed by atoms with Crippen LogP contribution >= 0.6 is 23.2 Å². The SMILES string of the molecule is O=C(Oc1ccc2c(c1)O/C(=C\c1c(F)cccc1Cl)C2=O)c1ccccc1Cl. The molecule has 0 radical (unpaired) electrons. The van der Waals surface area contributed by atoms with Crippen molar-refractivity contribution in [3.05, 3.63) is 99.0 Å². The molecule has 7 heteroatoms. The maximum Gasteiger partial charge on any atom is 0.345 e. The Morgan fingerprint density at radius 3 is 2.52 bits per heavy atom. The first-order valence-electron chi connectivity index (χ1n) is 8.43. The Kier molecular flexibility index (Phi) is 5.09. The van der Waals surface area contributed by atoms with Crippen molar-refractivity contribution in [3.8, 4) is 11.5 Å². The van der Waals surface area contributed by atoms with Crippen molar-refractivity contribution in [2.24, 2.45) is 0 Å². The maximum absolute atomic E-state index is 14.0. The molecule has 0 saturated heterocycles. The second kappa shape index (κ2) is 7.70. The number of ketones is 1. The molecule has 29 heavy (non-hydrogen) atoms. The van der Waals surface area contributed by atoms with Crippen molar-refractivity contribution in [1.29, 1.82) is 0 Å². The van der Waals surface area contributed by atoms with Gasteiger partial charge in [-0.1, -0.05) is 41.4 Å². The molecule has 0 unspecified atom stereocenters. The number of esters is 1. The highest BCUT2D eigenvalue weighted by atomic mass is 35.5. The number of allylic oxidation sites excluding steroid dienone is 1. The van der Waals surface area contributed by atoms with Crippen LogP contribution in [0.4, 0.5) is 4.39 Å². The zero-order valence-electron chi connectivity index (χ0n) is 14.6. The van der Waals surface area contributed by atoms with Crippen LogP contribution in [0.5, 0.6) is 11.5 Å². The highest BCUT2D eigenvalue weighted by Gasteiger charge is 2.28. The third-order valence-corrected chi connectivity index (χ3v) is 4.88. The summed E-state index contributed by atoms with van der Waals surface area (Å²) in [5.74, 6) is -1.37. The van der Waals surface area contributed by atoms with Gasteiger partial charge < -0.3 is 9.47 Å². The number of rotatable bonds is 3. The molecule has 0 amide bonds. The van der Waals surface area contributed by atoms with Gasteiger partial charge >= 0.3 is 5.97 Å². The molecule has 3 aromatic carbocycles. The molecule has 0 saturated carbocycles. The number of Topliss-reactive ketones (excluding diaryl/α,β-unsaturated/α-hetero) is 1. The predicted molar refractivity (Wildman–Crippen MR) is 107 cm³/mol. The van der Waals surface area contributed by atoms with E-state index in [0.717, 1.165) is 0 Å². The number of carbonyl (C=O) groups is 2. The summed E-state index contributed by atoms with van der Waals surface area (Å²) in [7, 11) is 0. The second-order valence-corrected chi connectivity index (χ2v) is 6.92. The van der Waals surface area contributed by atoms with E-state index in [4.69, 9.17) is 32.7 Å². The van der Waals surface area contributed by atoms with Crippen molar-refractivity contribution in [3.63, 3.8) is 0 Å². The first kappa shape index (κ1) is 19.2. The average molecular weight is 429 g/mol. The monoisotopic (exact) mass is 428 g/mol. The lowest BCUT2D eigenvalue weighted by Crippen LogP contribution is -2.09. The van der Waals surface area contributed by atoms with Crippen LogP contribution < -0.4 is 9.47 Å². The molecule has 144 valence electrons. The molecule has 0 bridgehead atoms. The van der Waals surface area contributed by atoms with Crippen LogP contribution in [0.2, 0.25) is 10.0 Å². The Morgan fingerprint density at radius 1 is 1.00 bits per heavy atom. The first-order valence-corrected chi connectivity index (χ1v) is 9.18. The number of carbonyl (C=O) groups excluding carboxylic acids is 2. The van der Waals surface area contributed by atoms with Gasteiger partial charge in [-0.2, -0.15) is 0 Å². The van der Waals surface area contributed by atoms with Gasteiger partial charge in [0.05, 0.1) is 21.2 Å². The fourth-order valence-electron chi connectivity index (χ4n) is 2.80. The summed E-state index contributed by atoms with van der Waals surface area (Å²) >= 11 is 12.0. The number of benzene rings is 3. The Morgan fingerprint density at radius 2 is 1.76 bits per heavy atom. The van der Waals surface area contributed by atoms with Gasteiger partial charge in [-0.3, -0.25) is 4.79 Å². The standard InChI is InChI=1S/C22H11Cl2FO4/c23-16-5-2-1-4-13(16)22(27)28-12-8-9-14-19(10-12)29-20(21(14)26)11-15-17(24)6-3-7-18(15)25/h1-11H/b20-11-. The van der Waals surface area contributed by atoms with Crippen molar-refractivity contribution in [2.75, 3.05) is 0 Å². The molecular weight excluding hydrogens is 418 g/mol. The van der Waals surface area contributed by atoms with E-state index < -0.39 is 17.6 Å². The molecule has 4 rings (SSSR count). The summed E-state index contributed by atoms with van der Waals surface area (Å²) in [5.41, 5.74) is 0.526. The molecule has 4 nitrogen and oxygen atoms in total. The molecule has 3 aromatic rings. The van der Waals surface area contributed by atoms with Crippen LogP contribution in [0, 0.1) is 5.82 Å². The van der Waals surface area contributed by atoms with E-state index in [1.54, 1.807) is 18.2 Å². The van der Waals surface area contributed by atoms with E-state index in [2.05, 4.69) is 0 Å². The fourth-order valence-corrected chi connectivity index (χ4v) is 3.23. The van der Waals surface area contributed by atoms with E-state index in [1.807, 2.05) is 0 Å². The normalized spacial score (nSPS) is 13.9. The van der Waals surface area contributed by atoms with E-state index >= 15 is 0 Å². The van der Waals surface area contributed by atoms with Gasteiger partial charge in [0, 0.05) is 11.6 Å². The summed E-state index contributed by atoms with van der Waals surface area (Å²) in [5, 5.41) is 0.413. The smallest absolute Gasteiger partial charge is 0.345 e. The summed E-state index contributed by atoms with van der Waals surface area (Å²) in [6.45, 7) is 0. The summed E-state index contributed by atoms with van der Waals surface area (Å²) in [4.78, 5) is 24.8. The predicted octanol–water partition coefficient (Wildman–Crippen LogP) is 5.97. The van der Waals surface area contributed by atoms with Gasteiger partial charge in [0.25, 0.3) is 0 Å². The number of fused-ring (bicyclic) bond motifs is 1. The average Bonchev–Trinajstić information content (AvgIpc) is 3.00. The van der Waals surface area contributed by atoms with E-state index in [1.165, 1.54) is 48.5 Å². The maximum atomic E-state index is 14.0. The van der Waals surface area contributed by atoms with E-state index in [-0.39, 0.29) is 44.0 Å². The minimum atomic E-state index is -0.645. The van der Waals surface area contributed by atoms with Gasteiger partial charge in [-0.25, -0.2) is 9.18 Å².